The lowest BCUT2D eigenvalue weighted by molar-refractivity contribution is 0.415. The molecule has 4 N–H and O–H groups in total. The van der Waals surface area contributed by atoms with Gasteiger partial charge in [-0.05, 0) is 6.92 Å². The minimum Gasteiger partial charge on any atom is -0.493 e. The van der Waals surface area contributed by atoms with Crippen LogP contribution >= 0.6 is 24.8 Å². The summed E-state index contributed by atoms with van der Waals surface area (Å²) in [4.78, 5) is 3.97. The van der Waals surface area contributed by atoms with Crippen molar-refractivity contribution < 1.29 is 4.74 Å². The second kappa shape index (κ2) is 8.94. The zero-order valence-electron chi connectivity index (χ0n) is 9.77. The fraction of sp³-hybridized carbons (Fsp3) is 0.364. The van der Waals surface area contributed by atoms with Gasteiger partial charge in [0.15, 0.2) is 11.6 Å². The van der Waals surface area contributed by atoms with Gasteiger partial charge in [-0.3, -0.25) is 0 Å². The second-order valence-electron chi connectivity index (χ2n) is 3.29. The Morgan fingerprint density at radius 2 is 2.12 bits per heavy atom. The fourth-order valence-electron chi connectivity index (χ4n) is 1.00. The first-order valence-corrected chi connectivity index (χ1v) is 4.67. The number of hydrogen-bond acceptors (Lipinski definition) is 4. The standard InChI is InChI=1S/C11H15N3O.2ClH/c1-8(12)4-3-5-9-6-10(15-2)11(13)14-7-9;;/h6-8H,4,12H2,1-2H3,(H2,13,14);2*1H/t8-;;/m0../s1. The van der Waals surface area contributed by atoms with Crippen LogP contribution in [0.4, 0.5) is 5.82 Å². The van der Waals surface area contributed by atoms with Crippen molar-refractivity contribution in [3.8, 4) is 17.6 Å². The average molecular weight is 278 g/mol. The fourth-order valence-corrected chi connectivity index (χ4v) is 1.00. The quantitative estimate of drug-likeness (QED) is 0.806. The minimum atomic E-state index is 0. The maximum atomic E-state index is 5.57. The molecule has 0 saturated carbocycles. The molecule has 0 aliphatic carbocycles. The van der Waals surface area contributed by atoms with Crippen LogP contribution in [0.5, 0.6) is 5.75 Å². The van der Waals surface area contributed by atoms with Crippen LogP contribution in [0.15, 0.2) is 12.3 Å². The molecule has 0 unspecified atom stereocenters. The molecule has 4 nitrogen and oxygen atoms in total. The maximum Gasteiger partial charge on any atom is 0.166 e. The lowest BCUT2D eigenvalue weighted by Gasteiger charge is -2.02. The number of ether oxygens (including phenoxy) is 1. The molecule has 1 atom stereocenters. The van der Waals surface area contributed by atoms with Crippen molar-refractivity contribution in [2.24, 2.45) is 5.73 Å². The predicted octanol–water partition coefficient (Wildman–Crippen LogP) is 1.60. The highest BCUT2D eigenvalue weighted by atomic mass is 35.5. The Morgan fingerprint density at radius 3 is 2.65 bits per heavy atom. The first kappa shape index (κ1) is 18.2. The van der Waals surface area contributed by atoms with Crippen molar-refractivity contribution >= 4 is 30.6 Å². The summed E-state index contributed by atoms with van der Waals surface area (Å²) in [5, 5.41) is 0. The summed E-state index contributed by atoms with van der Waals surface area (Å²) in [7, 11) is 1.55. The topological polar surface area (TPSA) is 74.2 Å². The van der Waals surface area contributed by atoms with E-state index in [0.29, 0.717) is 18.0 Å². The van der Waals surface area contributed by atoms with Crippen molar-refractivity contribution in [2.45, 2.75) is 19.4 Å². The summed E-state index contributed by atoms with van der Waals surface area (Å²) in [6.45, 7) is 1.91. The van der Waals surface area contributed by atoms with Gasteiger partial charge < -0.3 is 16.2 Å². The monoisotopic (exact) mass is 277 g/mol. The summed E-state index contributed by atoms with van der Waals surface area (Å²) in [5.41, 5.74) is 11.9. The maximum absolute atomic E-state index is 5.57. The number of rotatable bonds is 2. The predicted molar refractivity (Wildman–Crippen MR) is 74.8 cm³/mol. The van der Waals surface area contributed by atoms with Crippen LogP contribution < -0.4 is 16.2 Å². The van der Waals surface area contributed by atoms with Gasteiger partial charge in [-0.1, -0.05) is 11.8 Å². The lowest BCUT2D eigenvalue weighted by atomic mass is 10.2. The van der Waals surface area contributed by atoms with Crippen LogP contribution in [-0.2, 0) is 0 Å². The van der Waals surface area contributed by atoms with E-state index in [9.17, 15) is 0 Å². The van der Waals surface area contributed by atoms with Gasteiger partial charge in [0.2, 0.25) is 0 Å². The SMILES string of the molecule is COc1cc(C#CC[C@H](C)N)cnc1N.Cl.Cl. The molecule has 0 bridgehead atoms. The normalized spacial score (nSPS) is 10.1. The van der Waals surface area contributed by atoms with Gasteiger partial charge in [0.1, 0.15) is 0 Å². The van der Waals surface area contributed by atoms with Crippen LogP contribution in [0.25, 0.3) is 0 Å². The Balaban J connectivity index is 0. The molecule has 1 rings (SSSR count). The first-order valence-electron chi connectivity index (χ1n) is 4.67. The zero-order chi connectivity index (χ0) is 11.3. The molecule has 0 radical (unpaired) electrons. The van der Waals surface area contributed by atoms with E-state index in [4.69, 9.17) is 16.2 Å². The Morgan fingerprint density at radius 1 is 1.47 bits per heavy atom. The van der Waals surface area contributed by atoms with Crippen molar-refractivity contribution in [3.05, 3.63) is 17.8 Å². The Labute approximate surface area is 114 Å². The molecule has 0 fully saturated rings. The van der Waals surface area contributed by atoms with Crippen molar-refractivity contribution in [1.82, 2.24) is 4.98 Å². The van der Waals surface area contributed by atoms with E-state index in [1.807, 2.05) is 6.92 Å². The molecule has 0 aliphatic rings. The largest absolute Gasteiger partial charge is 0.493 e. The van der Waals surface area contributed by atoms with E-state index in [1.165, 1.54) is 0 Å². The number of halogens is 2. The summed E-state index contributed by atoms with van der Waals surface area (Å²) in [6, 6.07) is 1.84. The summed E-state index contributed by atoms with van der Waals surface area (Å²) in [6.07, 6.45) is 2.28. The van der Waals surface area contributed by atoms with Gasteiger partial charge in [0.25, 0.3) is 0 Å². The number of nitrogens with zero attached hydrogens (tertiary/aromatic N) is 1. The average Bonchev–Trinajstić information content (AvgIpc) is 2.20. The molecule has 0 aromatic carbocycles. The van der Waals surface area contributed by atoms with E-state index >= 15 is 0 Å². The molecule has 1 aromatic heterocycles. The van der Waals surface area contributed by atoms with E-state index < -0.39 is 0 Å². The van der Waals surface area contributed by atoms with Gasteiger partial charge in [-0.25, -0.2) is 4.98 Å². The number of methoxy groups -OCH3 is 1. The number of hydrogen-bond donors (Lipinski definition) is 2. The van der Waals surface area contributed by atoms with E-state index in [2.05, 4.69) is 16.8 Å². The third-order valence-electron chi connectivity index (χ3n) is 1.76. The van der Waals surface area contributed by atoms with E-state index in [1.54, 1.807) is 19.4 Å². The highest BCUT2D eigenvalue weighted by Gasteiger charge is 1.99. The molecular formula is C11H17Cl2N3O. The number of aromatic nitrogens is 1. The third kappa shape index (κ3) is 6.22. The molecule has 0 aliphatic heterocycles. The molecule has 1 heterocycles. The summed E-state index contributed by atoms with van der Waals surface area (Å²) < 4.78 is 5.03. The highest BCUT2D eigenvalue weighted by Crippen LogP contribution is 2.18. The molecule has 0 saturated heterocycles. The van der Waals surface area contributed by atoms with E-state index in [-0.39, 0.29) is 30.9 Å². The molecular weight excluding hydrogens is 261 g/mol. The van der Waals surface area contributed by atoms with Crippen molar-refractivity contribution in [2.75, 3.05) is 12.8 Å². The molecule has 17 heavy (non-hydrogen) atoms. The Bertz CT molecular complexity index is 399. The van der Waals surface area contributed by atoms with Gasteiger partial charge in [0.05, 0.1) is 7.11 Å². The molecule has 96 valence electrons. The van der Waals surface area contributed by atoms with Crippen LogP contribution in [0, 0.1) is 11.8 Å². The lowest BCUT2D eigenvalue weighted by Crippen LogP contribution is -2.12. The first-order chi connectivity index (χ1) is 7.13. The highest BCUT2D eigenvalue weighted by molar-refractivity contribution is 5.85. The van der Waals surface area contributed by atoms with E-state index in [0.717, 1.165) is 5.56 Å². The number of pyridine rings is 1. The third-order valence-corrected chi connectivity index (χ3v) is 1.76. The van der Waals surface area contributed by atoms with Crippen LogP contribution in [0.3, 0.4) is 0 Å². The summed E-state index contributed by atoms with van der Waals surface area (Å²) in [5.74, 6) is 6.83. The number of anilines is 1. The molecule has 0 amide bonds. The zero-order valence-corrected chi connectivity index (χ0v) is 11.4. The van der Waals surface area contributed by atoms with Crippen LogP contribution in [0.2, 0.25) is 0 Å². The Hall–Kier alpha value is -1.15. The van der Waals surface area contributed by atoms with Crippen LogP contribution in [-0.4, -0.2) is 18.1 Å². The molecule has 6 heteroatoms. The van der Waals surface area contributed by atoms with Gasteiger partial charge in [-0.2, -0.15) is 0 Å². The smallest absolute Gasteiger partial charge is 0.166 e. The second-order valence-corrected chi connectivity index (χ2v) is 3.29. The van der Waals surface area contributed by atoms with Gasteiger partial charge >= 0.3 is 0 Å². The van der Waals surface area contributed by atoms with Crippen LogP contribution in [0.1, 0.15) is 18.9 Å². The van der Waals surface area contributed by atoms with Crippen molar-refractivity contribution in [3.63, 3.8) is 0 Å². The molecule has 1 aromatic rings. The Kier molecular flexibility index (Phi) is 9.58. The van der Waals surface area contributed by atoms with Gasteiger partial charge in [-0.15, -0.1) is 24.8 Å². The van der Waals surface area contributed by atoms with Crippen molar-refractivity contribution in [1.29, 1.82) is 0 Å². The number of nitrogen functional groups attached to an aromatic ring is 1. The minimum absolute atomic E-state index is 0. The summed E-state index contributed by atoms with van der Waals surface area (Å²) >= 11 is 0. The molecule has 0 spiro atoms. The number of nitrogens with two attached hydrogens (primary N) is 2. The van der Waals surface area contributed by atoms with Gasteiger partial charge in [0, 0.05) is 30.3 Å².